The van der Waals surface area contributed by atoms with E-state index in [9.17, 15) is 4.79 Å². The van der Waals surface area contributed by atoms with Crippen molar-refractivity contribution in [3.05, 3.63) is 35.9 Å². The predicted octanol–water partition coefficient (Wildman–Crippen LogP) is 2.69. The standard InChI is InChI=1S/C12H14O2/c1-2-10-14-12-8-4-3-6-11(12)7-5-9-13/h3-9H,2,10H2,1H3. The van der Waals surface area contributed by atoms with E-state index < -0.39 is 0 Å². The zero-order valence-electron chi connectivity index (χ0n) is 8.27. The molecule has 0 saturated carbocycles. The molecule has 1 aromatic rings. The number of ether oxygens (including phenoxy) is 1. The van der Waals surface area contributed by atoms with Crippen molar-refractivity contribution < 1.29 is 9.53 Å². The van der Waals surface area contributed by atoms with Crippen molar-refractivity contribution in [2.75, 3.05) is 6.61 Å². The van der Waals surface area contributed by atoms with Gasteiger partial charge in [-0.05, 0) is 24.6 Å². The maximum atomic E-state index is 10.2. The summed E-state index contributed by atoms with van der Waals surface area (Å²) in [7, 11) is 0. The summed E-state index contributed by atoms with van der Waals surface area (Å²) >= 11 is 0. The lowest BCUT2D eigenvalue weighted by molar-refractivity contribution is -0.104. The third kappa shape index (κ3) is 3.05. The van der Waals surface area contributed by atoms with E-state index in [4.69, 9.17) is 4.74 Å². The Morgan fingerprint density at radius 2 is 2.14 bits per heavy atom. The van der Waals surface area contributed by atoms with Crippen LogP contribution in [0.5, 0.6) is 5.75 Å². The molecule has 0 amide bonds. The number of allylic oxidation sites excluding steroid dienone is 1. The Morgan fingerprint density at radius 1 is 1.36 bits per heavy atom. The first-order valence-corrected chi connectivity index (χ1v) is 4.72. The molecule has 0 aromatic heterocycles. The van der Waals surface area contributed by atoms with Crippen molar-refractivity contribution in [2.24, 2.45) is 0 Å². The van der Waals surface area contributed by atoms with Gasteiger partial charge in [-0.3, -0.25) is 4.79 Å². The Kier molecular flexibility index (Phi) is 4.48. The average molecular weight is 190 g/mol. The molecule has 0 unspecified atom stereocenters. The van der Waals surface area contributed by atoms with Gasteiger partial charge >= 0.3 is 0 Å². The molecule has 0 aliphatic rings. The fourth-order valence-electron chi connectivity index (χ4n) is 1.10. The minimum Gasteiger partial charge on any atom is -0.493 e. The smallest absolute Gasteiger partial charge is 0.142 e. The summed E-state index contributed by atoms with van der Waals surface area (Å²) in [4.78, 5) is 10.2. The summed E-state index contributed by atoms with van der Waals surface area (Å²) in [5, 5.41) is 0. The lowest BCUT2D eigenvalue weighted by Crippen LogP contribution is -1.96. The Morgan fingerprint density at radius 3 is 2.86 bits per heavy atom. The van der Waals surface area contributed by atoms with Crippen molar-refractivity contribution in [2.45, 2.75) is 13.3 Å². The second-order valence-corrected chi connectivity index (χ2v) is 2.88. The van der Waals surface area contributed by atoms with E-state index in [1.54, 1.807) is 6.08 Å². The number of aldehydes is 1. The van der Waals surface area contributed by atoms with Crippen molar-refractivity contribution in [3.63, 3.8) is 0 Å². The molecule has 0 aliphatic carbocycles. The molecule has 0 atom stereocenters. The van der Waals surface area contributed by atoms with Crippen LogP contribution in [0.3, 0.4) is 0 Å². The highest BCUT2D eigenvalue weighted by Crippen LogP contribution is 2.19. The maximum Gasteiger partial charge on any atom is 0.142 e. The first kappa shape index (κ1) is 10.5. The van der Waals surface area contributed by atoms with Crippen molar-refractivity contribution in [3.8, 4) is 5.75 Å². The highest BCUT2D eigenvalue weighted by Gasteiger charge is 1.97. The molecule has 0 aliphatic heterocycles. The molecule has 74 valence electrons. The van der Waals surface area contributed by atoms with E-state index in [0.717, 1.165) is 24.0 Å². The molecular weight excluding hydrogens is 176 g/mol. The molecule has 0 heterocycles. The molecule has 14 heavy (non-hydrogen) atoms. The number of hydrogen-bond acceptors (Lipinski definition) is 2. The van der Waals surface area contributed by atoms with Crippen molar-refractivity contribution >= 4 is 12.4 Å². The normalized spacial score (nSPS) is 10.4. The Bertz CT molecular complexity index is 316. The van der Waals surface area contributed by atoms with E-state index >= 15 is 0 Å². The minimum atomic E-state index is 0.700. The number of hydrogen-bond donors (Lipinski definition) is 0. The molecule has 0 spiro atoms. The quantitative estimate of drug-likeness (QED) is 0.527. The largest absolute Gasteiger partial charge is 0.493 e. The van der Waals surface area contributed by atoms with Crippen LogP contribution in [0.4, 0.5) is 0 Å². The summed E-state index contributed by atoms with van der Waals surface area (Å²) in [6.07, 6.45) is 4.95. The Labute approximate surface area is 84.2 Å². The molecule has 2 nitrogen and oxygen atoms in total. The van der Waals surface area contributed by atoms with Gasteiger partial charge < -0.3 is 4.74 Å². The number of para-hydroxylation sites is 1. The SMILES string of the molecule is CCCOc1ccccc1C=CC=O. The third-order valence-electron chi connectivity index (χ3n) is 1.74. The van der Waals surface area contributed by atoms with E-state index in [0.29, 0.717) is 6.61 Å². The van der Waals surface area contributed by atoms with Gasteiger partial charge in [-0.15, -0.1) is 0 Å². The molecule has 0 N–H and O–H groups in total. The number of rotatable bonds is 5. The zero-order valence-corrected chi connectivity index (χ0v) is 8.27. The van der Waals surface area contributed by atoms with Crippen molar-refractivity contribution in [1.82, 2.24) is 0 Å². The Balaban J connectivity index is 2.79. The minimum absolute atomic E-state index is 0.700. The van der Waals surface area contributed by atoms with Gasteiger partial charge in [0.1, 0.15) is 12.0 Å². The fraction of sp³-hybridized carbons (Fsp3) is 0.250. The highest BCUT2D eigenvalue weighted by atomic mass is 16.5. The van der Waals surface area contributed by atoms with Gasteiger partial charge in [0.25, 0.3) is 0 Å². The maximum absolute atomic E-state index is 10.2. The molecule has 0 fully saturated rings. The first-order chi connectivity index (χ1) is 6.88. The predicted molar refractivity (Wildman–Crippen MR) is 57.3 cm³/mol. The monoisotopic (exact) mass is 190 g/mol. The number of carbonyl (C=O) groups excluding carboxylic acids is 1. The molecule has 1 rings (SSSR count). The first-order valence-electron chi connectivity index (χ1n) is 4.72. The highest BCUT2D eigenvalue weighted by molar-refractivity contribution is 5.75. The summed E-state index contributed by atoms with van der Waals surface area (Å²) in [5.41, 5.74) is 0.938. The average Bonchev–Trinajstić information content (AvgIpc) is 2.24. The van der Waals surface area contributed by atoms with Crippen molar-refractivity contribution in [1.29, 1.82) is 0 Å². The van der Waals surface area contributed by atoms with Crippen LogP contribution < -0.4 is 4.74 Å². The summed E-state index contributed by atoms with van der Waals surface area (Å²) < 4.78 is 5.52. The van der Waals surface area contributed by atoms with Crippen LogP contribution in [0, 0.1) is 0 Å². The topological polar surface area (TPSA) is 26.3 Å². The summed E-state index contributed by atoms with van der Waals surface area (Å²) in [6, 6.07) is 7.66. The second-order valence-electron chi connectivity index (χ2n) is 2.88. The lowest BCUT2D eigenvalue weighted by atomic mass is 10.2. The number of benzene rings is 1. The zero-order chi connectivity index (χ0) is 10.2. The van der Waals surface area contributed by atoms with Crippen LogP contribution >= 0.6 is 0 Å². The van der Waals surface area contributed by atoms with Gasteiger partial charge in [0, 0.05) is 5.56 Å². The van der Waals surface area contributed by atoms with Gasteiger partial charge in [-0.2, -0.15) is 0 Å². The van der Waals surface area contributed by atoms with Crippen LogP contribution in [0.1, 0.15) is 18.9 Å². The fourth-order valence-corrected chi connectivity index (χ4v) is 1.10. The molecule has 0 bridgehead atoms. The molecule has 0 radical (unpaired) electrons. The van der Waals surface area contributed by atoms with Crippen LogP contribution in [-0.2, 0) is 4.79 Å². The van der Waals surface area contributed by atoms with Crippen LogP contribution in [0.25, 0.3) is 6.08 Å². The third-order valence-corrected chi connectivity index (χ3v) is 1.74. The van der Waals surface area contributed by atoms with Gasteiger partial charge in [0.15, 0.2) is 0 Å². The van der Waals surface area contributed by atoms with Gasteiger partial charge in [-0.1, -0.05) is 25.1 Å². The van der Waals surface area contributed by atoms with Gasteiger partial charge in [0.2, 0.25) is 0 Å². The van der Waals surface area contributed by atoms with E-state index in [1.807, 2.05) is 24.3 Å². The van der Waals surface area contributed by atoms with E-state index in [1.165, 1.54) is 6.08 Å². The molecule has 0 saturated heterocycles. The second kappa shape index (κ2) is 5.97. The molecular formula is C12H14O2. The van der Waals surface area contributed by atoms with E-state index in [-0.39, 0.29) is 0 Å². The number of carbonyl (C=O) groups is 1. The summed E-state index contributed by atoms with van der Waals surface area (Å²) in [6.45, 7) is 2.76. The molecule has 2 heteroatoms. The molecule has 1 aromatic carbocycles. The lowest BCUT2D eigenvalue weighted by Gasteiger charge is -2.06. The van der Waals surface area contributed by atoms with Gasteiger partial charge in [-0.25, -0.2) is 0 Å². The van der Waals surface area contributed by atoms with Crippen LogP contribution in [0.2, 0.25) is 0 Å². The Hall–Kier alpha value is -1.57. The van der Waals surface area contributed by atoms with E-state index in [2.05, 4.69) is 6.92 Å². The van der Waals surface area contributed by atoms with Crippen LogP contribution in [0.15, 0.2) is 30.3 Å². The van der Waals surface area contributed by atoms with Crippen LogP contribution in [-0.4, -0.2) is 12.9 Å². The summed E-state index contributed by atoms with van der Waals surface area (Å²) in [5.74, 6) is 0.826. The van der Waals surface area contributed by atoms with Gasteiger partial charge in [0.05, 0.1) is 6.61 Å².